The van der Waals surface area contributed by atoms with Crippen molar-refractivity contribution in [1.29, 1.82) is 0 Å². The Balaban J connectivity index is 1.53. The number of ether oxygens (including phenoxy) is 1. The van der Waals surface area contributed by atoms with E-state index in [4.69, 9.17) is 4.74 Å². The summed E-state index contributed by atoms with van der Waals surface area (Å²) in [5, 5.41) is 2.91. The summed E-state index contributed by atoms with van der Waals surface area (Å²) < 4.78 is 5.28. The van der Waals surface area contributed by atoms with Gasteiger partial charge in [-0.15, -0.1) is 0 Å². The first-order chi connectivity index (χ1) is 10.8. The second-order valence-corrected chi connectivity index (χ2v) is 5.64. The summed E-state index contributed by atoms with van der Waals surface area (Å²) >= 11 is 0. The summed E-state index contributed by atoms with van der Waals surface area (Å²) in [6, 6.07) is 10.5. The molecule has 1 saturated heterocycles. The van der Waals surface area contributed by atoms with Gasteiger partial charge in [-0.2, -0.15) is 0 Å². The molecule has 1 aliphatic heterocycles. The van der Waals surface area contributed by atoms with Crippen LogP contribution in [0.3, 0.4) is 0 Å². The van der Waals surface area contributed by atoms with Crippen molar-refractivity contribution in [3.05, 3.63) is 60.2 Å². The first kappa shape index (κ1) is 16.5. The van der Waals surface area contributed by atoms with Gasteiger partial charge in [-0.05, 0) is 31.2 Å². The lowest BCUT2D eigenvalue weighted by atomic mass is 10.1. The average Bonchev–Trinajstić information content (AvgIpc) is 3.06. The number of aryl methyl sites for hydroxylation is 1. The third-order valence-corrected chi connectivity index (χ3v) is 3.76. The van der Waals surface area contributed by atoms with Gasteiger partial charge in [-0.1, -0.05) is 48.6 Å². The smallest absolute Gasteiger partial charge is 0.243 e. The van der Waals surface area contributed by atoms with Crippen LogP contribution in [-0.2, 0) is 16.0 Å². The summed E-state index contributed by atoms with van der Waals surface area (Å²) in [6.07, 6.45) is 11.7. The van der Waals surface area contributed by atoms with Crippen molar-refractivity contribution >= 4 is 5.91 Å². The molecule has 0 saturated carbocycles. The molecule has 3 heteroatoms. The van der Waals surface area contributed by atoms with Gasteiger partial charge in [0.2, 0.25) is 5.91 Å². The number of hydrogen-bond acceptors (Lipinski definition) is 2. The number of carbonyl (C=O) groups is 1. The van der Waals surface area contributed by atoms with E-state index in [0.717, 1.165) is 38.9 Å². The maximum Gasteiger partial charge on any atom is 0.243 e. The minimum absolute atomic E-state index is 0.0270. The number of benzene rings is 1. The zero-order valence-electron chi connectivity index (χ0n) is 13.0. The van der Waals surface area contributed by atoms with E-state index < -0.39 is 0 Å². The molecule has 1 N–H and O–H groups in total. The highest BCUT2D eigenvalue weighted by atomic mass is 16.5. The molecule has 0 bridgehead atoms. The third-order valence-electron chi connectivity index (χ3n) is 3.76. The van der Waals surface area contributed by atoms with Crippen molar-refractivity contribution in [1.82, 2.24) is 5.32 Å². The molecule has 22 heavy (non-hydrogen) atoms. The molecule has 1 amide bonds. The van der Waals surface area contributed by atoms with Crippen LogP contribution in [0.25, 0.3) is 0 Å². The zero-order valence-corrected chi connectivity index (χ0v) is 13.0. The van der Waals surface area contributed by atoms with Gasteiger partial charge in [0.15, 0.2) is 0 Å². The van der Waals surface area contributed by atoms with E-state index in [9.17, 15) is 4.79 Å². The van der Waals surface area contributed by atoms with E-state index in [1.54, 1.807) is 6.08 Å². The van der Waals surface area contributed by atoms with Crippen LogP contribution in [0.1, 0.15) is 24.8 Å². The van der Waals surface area contributed by atoms with Gasteiger partial charge in [-0.25, -0.2) is 0 Å². The highest BCUT2D eigenvalue weighted by Crippen LogP contribution is 2.10. The monoisotopic (exact) mass is 299 g/mol. The number of hydrogen-bond donors (Lipinski definition) is 1. The molecule has 0 aromatic heterocycles. The minimum atomic E-state index is -0.0270. The molecule has 1 unspecified atom stereocenters. The quantitative estimate of drug-likeness (QED) is 0.454. The largest absolute Gasteiger partial charge is 0.381 e. The maximum atomic E-state index is 11.6. The molecule has 1 heterocycles. The fraction of sp³-hybridized carbons (Fsp3) is 0.421. The molecular weight excluding hydrogens is 274 g/mol. The van der Waals surface area contributed by atoms with Crippen LogP contribution < -0.4 is 5.32 Å². The molecule has 2 rings (SSSR count). The Kier molecular flexibility index (Phi) is 7.47. The molecule has 118 valence electrons. The molecule has 1 fully saturated rings. The number of nitrogens with one attached hydrogen (secondary N) is 1. The Morgan fingerprint density at radius 3 is 2.91 bits per heavy atom. The van der Waals surface area contributed by atoms with Crippen LogP contribution in [0, 0.1) is 5.92 Å². The Morgan fingerprint density at radius 1 is 1.27 bits per heavy atom. The van der Waals surface area contributed by atoms with Gasteiger partial charge in [0.25, 0.3) is 0 Å². The Hall–Kier alpha value is -1.87. The number of amides is 1. The molecular formula is C19H25NO2. The standard InChI is InChI=1S/C19H25NO2/c21-19(20-15-18-13-14-22-16-18)12-8-3-1-2-5-9-17-10-6-4-7-11-17/h1,3-4,6-8,10-12,18H,2,5,9,13-16H2,(H,20,21)/b3-1+,12-8+. The Labute approximate surface area is 133 Å². The van der Waals surface area contributed by atoms with E-state index in [1.807, 2.05) is 18.2 Å². The Bertz CT molecular complexity index is 487. The van der Waals surface area contributed by atoms with Gasteiger partial charge < -0.3 is 10.1 Å². The highest BCUT2D eigenvalue weighted by Gasteiger charge is 2.15. The van der Waals surface area contributed by atoms with Gasteiger partial charge >= 0.3 is 0 Å². The van der Waals surface area contributed by atoms with Crippen molar-refractivity contribution in [2.75, 3.05) is 19.8 Å². The van der Waals surface area contributed by atoms with Gasteiger partial charge in [0, 0.05) is 25.1 Å². The predicted molar refractivity (Wildman–Crippen MR) is 89.6 cm³/mol. The lowest BCUT2D eigenvalue weighted by Crippen LogP contribution is -2.27. The molecule has 1 aliphatic rings. The fourth-order valence-corrected chi connectivity index (χ4v) is 2.43. The predicted octanol–water partition coefficient (Wildman–Crippen LogP) is 3.27. The summed E-state index contributed by atoms with van der Waals surface area (Å²) in [7, 11) is 0. The van der Waals surface area contributed by atoms with Crippen molar-refractivity contribution < 1.29 is 9.53 Å². The second-order valence-electron chi connectivity index (χ2n) is 5.64. The summed E-state index contributed by atoms with van der Waals surface area (Å²) in [5.74, 6) is 0.451. The van der Waals surface area contributed by atoms with E-state index >= 15 is 0 Å². The first-order valence-corrected chi connectivity index (χ1v) is 8.07. The highest BCUT2D eigenvalue weighted by molar-refractivity contribution is 5.87. The van der Waals surface area contributed by atoms with Gasteiger partial charge in [0.05, 0.1) is 6.61 Å². The first-order valence-electron chi connectivity index (χ1n) is 8.07. The molecule has 0 radical (unpaired) electrons. The number of allylic oxidation sites excluding steroid dienone is 3. The van der Waals surface area contributed by atoms with Crippen LogP contribution in [0.5, 0.6) is 0 Å². The van der Waals surface area contributed by atoms with Gasteiger partial charge in [-0.3, -0.25) is 4.79 Å². The van der Waals surface area contributed by atoms with Crippen molar-refractivity contribution in [3.63, 3.8) is 0 Å². The summed E-state index contributed by atoms with van der Waals surface area (Å²) in [5.41, 5.74) is 1.38. The van der Waals surface area contributed by atoms with Crippen LogP contribution in [-0.4, -0.2) is 25.7 Å². The van der Waals surface area contributed by atoms with Crippen LogP contribution in [0.15, 0.2) is 54.6 Å². The van der Waals surface area contributed by atoms with Crippen molar-refractivity contribution in [3.8, 4) is 0 Å². The molecule has 1 atom stereocenters. The Morgan fingerprint density at radius 2 is 2.14 bits per heavy atom. The van der Waals surface area contributed by atoms with Crippen molar-refractivity contribution in [2.24, 2.45) is 5.92 Å². The molecule has 1 aromatic rings. The summed E-state index contributed by atoms with van der Waals surface area (Å²) in [4.78, 5) is 11.6. The third kappa shape index (κ3) is 6.72. The lowest BCUT2D eigenvalue weighted by Gasteiger charge is -2.06. The molecule has 0 spiro atoms. The van der Waals surface area contributed by atoms with Crippen LogP contribution in [0.2, 0.25) is 0 Å². The molecule has 0 aliphatic carbocycles. The average molecular weight is 299 g/mol. The lowest BCUT2D eigenvalue weighted by molar-refractivity contribution is -0.116. The minimum Gasteiger partial charge on any atom is -0.381 e. The number of unbranched alkanes of at least 4 members (excludes halogenated alkanes) is 1. The number of carbonyl (C=O) groups excluding carboxylic acids is 1. The zero-order chi connectivity index (χ0) is 15.5. The second kappa shape index (κ2) is 9.96. The SMILES string of the molecule is O=C(/C=C/C=C/CCCc1ccccc1)NCC1CCOC1. The fourth-order valence-electron chi connectivity index (χ4n) is 2.43. The molecule has 3 nitrogen and oxygen atoms in total. The normalized spacial score (nSPS) is 18.3. The van der Waals surface area contributed by atoms with Gasteiger partial charge in [0.1, 0.15) is 0 Å². The van der Waals surface area contributed by atoms with Crippen molar-refractivity contribution in [2.45, 2.75) is 25.7 Å². The maximum absolute atomic E-state index is 11.6. The molecule has 1 aromatic carbocycles. The van der Waals surface area contributed by atoms with E-state index in [2.05, 4.69) is 35.7 Å². The van der Waals surface area contributed by atoms with E-state index in [-0.39, 0.29) is 5.91 Å². The van der Waals surface area contributed by atoms with Crippen LogP contribution in [0.4, 0.5) is 0 Å². The van der Waals surface area contributed by atoms with Crippen LogP contribution >= 0.6 is 0 Å². The van der Waals surface area contributed by atoms with E-state index in [1.165, 1.54) is 5.56 Å². The number of rotatable bonds is 8. The summed E-state index contributed by atoms with van der Waals surface area (Å²) in [6.45, 7) is 2.30. The topological polar surface area (TPSA) is 38.3 Å². The van der Waals surface area contributed by atoms with E-state index in [0.29, 0.717) is 12.5 Å².